The van der Waals surface area contributed by atoms with Crippen LogP contribution < -0.4 is 5.32 Å². The number of rotatable bonds is 5. The summed E-state index contributed by atoms with van der Waals surface area (Å²) >= 11 is 0. The predicted molar refractivity (Wildman–Crippen MR) is 114 cm³/mol. The fourth-order valence-electron chi connectivity index (χ4n) is 2.94. The van der Waals surface area contributed by atoms with Crippen LogP contribution in [-0.2, 0) is 0 Å². The van der Waals surface area contributed by atoms with Crippen molar-refractivity contribution in [1.82, 2.24) is 10.2 Å². The number of nitrogens with zero attached hydrogens (tertiary/aromatic N) is 2. The maximum atomic E-state index is 12.5. The van der Waals surface area contributed by atoms with Gasteiger partial charge in [-0.25, -0.2) is 0 Å². The Bertz CT molecular complexity index is 1210. The minimum atomic E-state index is -0.270. The number of ketones is 1. The molecule has 6 heteroatoms. The summed E-state index contributed by atoms with van der Waals surface area (Å²) in [4.78, 5) is 24.0. The molecule has 1 amide bonds. The van der Waals surface area contributed by atoms with Crippen LogP contribution >= 0.6 is 0 Å². The summed E-state index contributed by atoms with van der Waals surface area (Å²) in [5.41, 5.74) is 4.31. The largest absolute Gasteiger partial charge is 0.416 e. The second kappa shape index (κ2) is 8.13. The van der Waals surface area contributed by atoms with Crippen LogP contribution in [0.15, 0.2) is 77.2 Å². The number of aryl methyl sites for hydroxylation is 1. The van der Waals surface area contributed by atoms with E-state index < -0.39 is 0 Å². The molecule has 0 bridgehead atoms. The van der Waals surface area contributed by atoms with Gasteiger partial charge in [0.25, 0.3) is 5.91 Å². The van der Waals surface area contributed by atoms with Crippen molar-refractivity contribution in [2.24, 2.45) is 0 Å². The molecule has 0 radical (unpaired) electrons. The lowest BCUT2D eigenvalue weighted by atomic mass is 10.1. The van der Waals surface area contributed by atoms with Crippen molar-refractivity contribution in [3.05, 3.63) is 89.5 Å². The number of hydrogen-bond acceptors (Lipinski definition) is 5. The number of carbonyl (C=O) groups excluding carboxylic acids is 2. The standard InChI is InChI=1S/C24H19N3O3/c1-15-6-8-18(9-7-15)23-26-27-24(30-23)19-12-10-17(11-13-19)22(29)25-21-5-3-4-20(14-21)16(2)28/h3-14H,1-2H3,(H,25,29). The number of carbonyl (C=O) groups is 2. The first-order valence-electron chi connectivity index (χ1n) is 9.43. The molecule has 4 rings (SSSR count). The van der Waals surface area contributed by atoms with Gasteiger partial charge in [0.2, 0.25) is 11.8 Å². The van der Waals surface area contributed by atoms with Crippen LogP contribution in [0.25, 0.3) is 22.9 Å². The van der Waals surface area contributed by atoms with E-state index in [9.17, 15) is 9.59 Å². The Labute approximate surface area is 173 Å². The highest BCUT2D eigenvalue weighted by molar-refractivity contribution is 6.05. The molecule has 148 valence electrons. The van der Waals surface area contributed by atoms with Gasteiger partial charge in [-0.2, -0.15) is 0 Å². The molecule has 3 aromatic carbocycles. The molecule has 0 fully saturated rings. The maximum Gasteiger partial charge on any atom is 0.255 e. The summed E-state index contributed by atoms with van der Waals surface area (Å²) in [6.07, 6.45) is 0. The van der Waals surface area contributed by atoms with Crippen LogP contribution in [-0.4, -0.2) is 21.9 Å². The summed E-state index contributed by atoms with van der Waals surface area (Å²) in [7, 11) is 0. The zero-order valence-corrected chi connectivity index (χ0v) is 16.5. The van der Waals surface area contributed by atoms with Gasteiger partial charge in [-0.1, -0.05) is 29.8 Å². The van der Waals surface area contributed by atoms with Crippen molar-refractivity contribution in [3.63, 3.8) is 0 Å². The summed E-state index contributed by atoms with van der Waals surface area (Å²) in [5, 5.41) is 11.0. The molecule has 0 saturated carbocycles. The highest BCUT2D eigenvalue weighted by atomic mass is 16.4. The van der Waals surface area contributed by atoms with E-state index in [2.05, 4.69) is 15.5 Å². The molecule has 1 N–H and O–H groups in total. The van der Waals surface area contributed by atoms with Crippen molar-refractivity contribution in [2.75, 3.05) is 5.32 Å². The van der Waals surface area contributed by atoms with Gasteiger partial charge in [-0.15, -0.1) is 10.2 Å². The molecule has 4 aromatic rings. The molecule has 0 aliphatic heterocycles. The molecule has 0 unspecified atom stereocenters. The van der Waals surface area contributed by atoms with Crippen LogP contribution in [0, 0.1) is 6.92 Å². The van der Waals surface area contributed by atoms with Crippen molar-refractivity contribution in [2.45, 2.75) is 13.8 Å². The number of hydrogen-bond donors (Lipinski definition) is 1. The molecule has 1 aromatic heterocycles. The van der Waals surface area contributed by atoms with E-state index >= 15 is 0 Å². The zero-order valence-electron chi connectivity index (χ0n) is 16.5. The Morgan fingerprint density at radius 3 is 2.00 bits per heavy atom. The lowest BCUT2D eigenvalue weighted by Gasteiger charge is -2.07. The number of benzene rings is 3. The van der Waals surface area contributed by atoms with Crippen LogP contribution in [0.4, 0.5) is 5.69 Å². The zero-order chi connectivity index (χ0) is 21.1. The average molecular weight is 397 g/mol. The van der Waals surface area contributed by atoms with E-state index in [4.69, 9.17) is 4.42 Å². The first-order valence-corrected chi connectivity index (χ1v) is 9.43. The van der Waals surface area contributed by atoms with Gasteiger partial charge in [0.15, 0.2) is 5.78 Å². The first-order chi connectivity index (χ1) is 14.5. The molecule has 6 nitrogen and oxygen atoms in total. The van der Waals surface area contributed by atoms with E-state index in [-0.39, 0.29) is 11.7 Å². The maximum absolute atomic E-state index is 12.5. The first kappa shape index (κ1) is 19.3. The quantitative estimate of drug-likeness (QED) is 0.470. The number of anilines is 1. The molecule has 0 saturated heterocycles. The molecular formula is C24H19N3O3. The van der Waals surface area contributed by atoms with Gasteiger partial charge in [-0.3, -0.25) is 9.59 Å². The van der Waals surface area contributed by atoms with Crippen LogP contribution in [0.5, 0.6) is 0 Å². The number of nitrogens with one attached hydrogen (secondary N) is 1. The SMILES string of the molecule is CC(=O)c1cccc(NC(=O)c2ccc(-c3nnc(-c4ccc(C)cc4)o3)cc2)c1. The highest BCUT2D eigenvalue weighted by Crippen LogP contribution is 2.24. The number of Topliss-reactive ketones (excluding diaryl/α,β-unsaturated/α-hetero) is 1. The third kappa shape index (κ3) is 4.17. The van der Waals surface area contributed by atoms with Crippen molar-refractivity contribution in [3.8, 4) is 22.9 Å². The van der Waals surface area contributed by atoms with E-state index in [1.54, 1.807) is 48.5 Å². The summed E-state index contributed by atoms with van der Waals surface area (Å²) in [6, 6.07) is 21.6. The Morgan fingerprint density at radius 2 is 1.40 bits per heavy atom. The minimum Gasteiger partial charge on any atom is -0.416 e. The van der Waals surface area contributed by atoms with Gasteiger partial charge < -0.3 is 9.73 Å². The van der Waals surface area contributed by atoms with E-state index in [1.165, 1.54) is 6.92 Å². The van der Waals surface area contributed by atoms with Crippen LogP contribution in [0.1, 0.15) is 33.2 Å². The van der Waals surface area contributed by atoms with Crippen molar-refractivity contribution >= 4 is 17.4 Å². The monoisotopic (exact) mass is 397 g/mol. The summed E-state index contributed by atoms with van der Waals surface area (Å²) < 4.78 is 5.77. The van der Waals surface area contributed by atoms with Gasteiger partial charge in [0.05, 0.1) is 0 Å². The normalized spacial score (nSPS) is 10.6. The molecule has 30 heavy (non-hydrogen) atoms. The van der Waals surface area contributed by atoms with E-state index in [1.807, 2.05) is 31.2 Å². The van der Waals surface area contributed by atoms with Crippen LogP contribution in [0.3, 0.4) is 0 Å². The second-order valence-electron chi connectivity index (χ2n) is 6.95. The summed E-state index contributed by atoms with van der Waals surface area (Å²) in [5.74, 6) is 0.497. The fraction of sp³-hybridized carbons (Fsp3) is 0.0833. The summed E-state index contributed by atoms with van der Waals surface area (Å²) in [6.45, 7) is 3.50. The molecule has 1 heterocycles. The fourth-order valence-corrected chi connectivity index (χ4v) is 2.94. The van der Waals surface area contributed by atoms with Gasteiger partial charge in [0, 0.05) is 27.9 Å². The Hall–Kier alpha value is -4.06. The van der Waals surface area contributed by atoms with E-state index in [0.717, 1.165) is 16.7 Å². The van der Waals surface area contributed by atoms with Crippen LogP contribution in [0.2, 0.25) is 0 Å². The Kier molecular flexibility index (Phi) is 5.22. The van der Waals surface area contributed by atoms with Crippen molar-refractivity contribution < 1.29 is 14.0 Å². The Balaban J connectivity index is 1.49. The van der Waals surface area contributed by atoms with Gasteiger partial charge in [0.1, 0.15) is 0 Å². The minimum absolute atomic E-state index is 0.0555. The smallest absolute Gasteiger partial charge is 0.255 e. The lowest BCUT2D eigenvalue weighted by Crippen LogP contribution is -2.12. The van der Waals surface area contributed by atoms with Gasteiger partial charge >= 0.3 is 0 Å². The molecule has 0 aliphatic carbocycles. The highest BCUT2D eigenvalue weighted by Gasteiger charge is 2.12. The molecule has 0 aliphatic rings. The molecule has 0 spiro atoms. The number of aromatic nitrogens is 2. The Morgan fingerprint density at radius 1 is 0.800 bits per heavy atom. The predicted octanol–water partition coefficient (Wildman–Crippen LogP) is 5.17. The number of amides is 1. The second-order valence-corrected chi connectivity index (χ2v) is 6.95. The topological polar surface area (TPSA) is 85.1 Å². The third-order valence-corrected chi connectivity index (χ3v) is 4.64. The van der Waals surface area contributed by atoms with E-state index in [0.29, 0.717) is 28.6 Å². The average Bonchev–Trinajstić information content (AvgIpc) is 3.25. The third-order valence-electron chi connectivity index (χ3n) is 4.64. The van der Waals surface area contributed by atoms with Crippen molar-refractivity contribution in [1.29, 1.82) is 0 Å². The molecule has 0 atom stereocenters. The van der Waals surface area contributed by atoms with Gasteiger partial charge in [-0.05, 0) is 62.4 Å². The lowest BCUT2D eigenvalue weighted by molar-refractivity contribution is 0.101. The molecular weight excluding hydrogens is 378 g/mol.